The van der Waals surface area contributed by atoms with Crippen LogP contribution in [0.3, 0.4) is 0 Å². The summed E-state index contributed by atoms with van der Waals surface area (Å²) >= 11 is 0. The topological polar surface area (TPSA) is 94.8 Å². The molecule has 0 unspecified atom stereocenters. The standard InChI is InChI=1S/C29H36N6O4/c1-7-35(28(36)39-29(2,3)4)21-10-11-34(17-21)22-12-19-8-9-24(31-27(19)30-15-22)23-13-20-16-33(5)32-25(20)14-26(23)38-18-37-6/h8-9,12-16,21H,7,10-11,17-18H2,1-6H3/t21-/m0/s1. The molecule has 0 saturated carbocycles. The highest BCUT2D eigenvalue weighted by atomic mass is 16.7. The second-order valence-corrected chi connectivity index (χ2v) is 10.9. The van der Waals surface area contributed by atoms with Crippen LogP contribution in [-0.2, 0) is 16.5 Å². The van der Waals surface area contributed by atoms with Crippen molar-refractivity contribution in [3.05, 3.63) is 42.7 Å². The van der Waals surface area contributed by atoms with Crippen LogP contribution in [0.1, 0.15) is 34.1 Å². The van der Waals surface area contributed by atoms with E-state index in [-0.39, 0.29) is 18.9 Å². The number of ether oxygens (including phenoxy) is 3. The zero-order chi connectivity index (χ0) is 27.7. The van der Waals surface area contributed by atoms with Crippen LogP contribution in [0, 0.1) is 0 Å². The number of benzene rings is 1. The Balaban J connectivity index is 1.38. The molecule has 1 aliphatic heterocycles. The van der Waals surface area contributed by atoms with E-state index in [9.17, 15) is 4.79 Å². The molecule has 1 saturated heterocycles. The van der Waals surface area contributed by atoms with Gasteiger partial charge in [-0.1, -0.05) is 0 Å². The fraction of sp³-hybridized carbons (Fsp3) is 0.448. The minimum atomic E-state index is -0.517. The third-order valence-corrected chi connectivity index (χ3v) is 6.79. The minimum absolute atomic E-state index is 0.0916. The number of hydrogen-bond donors (Lipinski definition) is 0. The first-order chi connectivity index (χ1) is 18.6. The Morgan fingerprint density at radius 2 is 2.00 bits per heavy atom. The predicted molar refractivity (Wildman–Crippen MR) is 151 cm³/mol. The number of hydrogen-bond acceptors (Lipinski definition) is 8. The van der Waals surface area contributed by atoms with Gasteiger partial charge in [-0.3, -0.25) is 4.68 Å². The lowest BCUT2D eigenvalue weighted by atomic mass is 10.1. The third-order valence-electron chi connectivity index (χ3n) is 6.79. The molecule has 1 aliphatic rings. The van der Waals surface area contributed by atoms with Gasteiger partial charge < -0.3 is 24.0 Å². The lowest BCUT2D eigenvalue weighted by Crippen LogP contribution is -2.44. The predicted octanol–water partition coefficient (Wildman–Crippen LogP) is 5.00. The average Bonchev–Trinajstić information content (AvgIpc) is 3.51. The summed E-state index contributed by atoms with van der Waals surface area (Å²) in [4.78, 5) is 26.4. The van der Waals surface area contributed by atoms with Crippen LogP contribution in [0.5, 0.6) is 5.75 Å². The third kappa shape index (κ3) is 5.75. The van der Waals surface area contributed by atoms with Crippen molar-refractivity contribution in [1.82, 2.24) is 24.6 Å². The van der Waals surface area contributed by atoms with E-state index in [1.807, 2.05) is 76.3 Å². The molecule has 0 spiro atoms. The second kappa shape index (κ2) is 10.7. The Kier molecular flexibility index (Phi) is 7.31. The van der Waals surface area contributed by atoms with Crippen LogP contribution in [0.25, 0.3) is 33.2 Å². The Morgan fingerprint density at radius 1 is 1.18 bits per heavy atom. The molecule has 1 amide bonds. The molecule has 1 aromatic carbocycles. The van der Waals surface area contributed by atoms with Crippen molar-refractivity contribution in [2.75, 3.05) is 38.4 Å². The van der Waals surface area contributed by atoms with Gasteiger partial charge in [0.05, 0.1) is 29.1 Å². The van der Waals surface area contributed by atoms with Crippen molar-refractivity contribution < 1.29 is 19.0 Å². The van der Waals surface area contributed by atoms with Crippen LogP contribution in [0.2, 0.25) is 0 Å². The molecule has 0 aliphatic carbocycles. The number of carbonyl (C=O) groups excluding carboxylic acids is 1. The average molecular weight is 533 g/mol. The van der Waals surface area contributed by atoms with Gasteiger partial charge in [0, 0.05) is 62.4 Å². The molecule has 39 heavy (non-hydrogen) atoms. The van der Waals surface area contributed by atoms with Gasteiger partial charge in [-0.05, 0) is 58.4 Å². The van der Waals surface area contributed by atoms with Gasteiger partial charge in [-0.25, -0.2) is 14.8 Å². The molecule has 3 aromatic heterocycles. The highest BCUT2D eigenvalue weighted by molar-refractivity contribution is 5.89. The van der Waals surface area contributed by atoms with Crippen molar-refractivity contribution >= 4 is 33.7 Å². The Labute approximate surface area is 228 Å². The van der Waals surface area contributed by atoms with Crippen LogP contribution in [-0.4, -0.2) is 75.9 Å². The van der Waals surface area contributed by atoms with E-state index in [4.69, 9.17) is 24.2 Å². The Bertz CT molecular complexity index is 1490. The van der Waals surface area contributed by atoms with E-state index in [0.717, 1.165) is 52.7 Å². The van der Waals surface area contributed by atoms with Gasteiger partial charge >= 0.3 is 6.09 Å². The second-order valence-electron chi connectivity index (χ2n) is 10.9. The molecule has 10 heteroatoms. The van der Waals surface area contributed by atoms with Crippen molar-refractivity contribution in [3.8, 4) is 17.0 Å². The van der Waals surface area contributed by atoms with Gasteiger partial charge in [0.25, 0.3) is 0 Å². The number of fused-ring (bicyclic) bond motifs is 2. The van der Waals surface area contributed by atoms with E-state index < -0.39 is 5.60 Å². The maximum atomic E-state index is 12.7. The zero-order valence-corrected chi connectivity index (χ0v) is 23.5. The fourth-order valence-electron chi connectivity index (χ4n) is 5.03. The molecule has 4 aromatic rings. The molecule has 0 N–H and O–H groups in total. The molecule has 5 rings (SSSR count). The largest absolute Gasteiger partial charge is 0.467 e. The maximum absolute atomic E-state index is 12.7. The van der Waals surface area contributed by atoms with Crippen molar-refractivity contribution in [2.45, 2.75) is 45.8 Å². The number of pyridine rings is 2. The number of amides is 1. The summed E-state index contributed by atoms with van der Waals surface area (Å²) in [6.45, 7) is 9.98. The highest BCUT2D eigenvalue weighted by Gasteiger charge is 2.32. The summed E-state index contributed by atoms with van der Waals surface area (Å²) in [5.41, 5.74) is 3.60. The molecule has 206 valence electrons. The summed E-state index contributed by atoms with van der Waals surface area (Å²) in [7, 11) is 3.49. The number of likely N-dealkylation sites (N-methyl/N-ethyl adjacent to an activating group) is 1. The minimum Gasteiger partial charge on any atom is -0.467 e. The molecule has 10 nitrogen and oxygen atoms in total. The Morgan fingerprint density at radius 3 is 2.74 bits per heavy atom. The van der Waals surface area contributed by atoms with E-state index >= 15 is 0 Å². The Hall–Kier alpha value is -3.92. The maximum Gasteiger partial charge on any atom is 0.410 e. The molecule has 1 atom stereocenters. The number of carbonyl (C=O) groups is 1. The molecule has 1 fully saturated rings. The molecule has 4 heterocycles. The number of aromatic nitrogens is 4. The summed E-state index contributed by atoms with van der Waals surface area (Å²) < 4.78 is 18.4. The zero-order valence-electron chi connectivity index (χ0n) is 23.5. The number of rotatable bonds is 7. The molecular formula is C29H36N6O4. The quantitative estimate of drug-likeness (QED) is 0.307. The van der Waals surface area contributed by atoms with Gasteiger partial charge in [-0.15, -0.1) is 0 Å². The van der Waals surface area contributed by atoms with Crippen LogP contribution in [0.15, 0.2) is 42.7 Å². The van der Waals surface area contributed by atoms with E-state index in [0.29, 0.717) is 17.9 Å². The smallest absolute Gasteiger partial charge is 0.410 e. The van der Waals surface area contributed by atoms with Gasteiger partial charge in [-0.2, -0.15) is 5.10 Å². The van der Waals surface area contributed by atoms with Gasteiger partial charge in [0.1, 0.15) is 11.4 Å². The lowest BCUT2D eigenvalue weighted by molar-refractivity contribution is 0.0191. The summed E-state index contributed by atoms with van der Waals surface area (Å²) in [6.07, 6.45) is 4.45. The number of aryl methyl sites for hydroxylation is 1. The summed E-state index contributed by atoms with van der Waals surface area (Å²) in [5, 5.41) is 6.43. The first-order valence-corrected chi connectivity index (χ1v) is 13.3. The molecular weight excluding hydrogens is 496 g/mol. The van der Waals surface area contributed by atoms with Crippen LogP contribution in [0.4, 0.5) is 10.5 Å². The highest BCUT2D eigenvalue weighted by Crippen LogP contribution is 2.34. The van der Waals surface area contributed by atoms with E-state index in [1.165, 1.54) is 0 Å². The lowest BCUT2D eigenvalue weighted by Gasteiger charge is -2.31. The van der Waals surface area contributed by atoms with E-state index in [2.05, 4.69) is 16.1 Å². The summed E-state index contributed by atoms with van der Waals surface area (Å²) in [5.74, 6) is 0.653. The molecule has 0 radical (unpaired) electrons. The molecule has 0 bridgehead atoms. The van der Waals surface area contributed by atoms with Crippen molar-refractivity contribution in [1.29, 1.82) is 0 Å². The monoisotopic (exact) mass is 532 g/mol. The van der Waals surface area contributed by atoms with E-state index in [1.54, 1.807) is 11.8 Å². The number of nitrogens with zero attached hydrogens (tertiary/aromatic N) is 6. The van der Waals surface area contributed by atoms with Crippen molar-refractivity contribution in [2.24, 2.45) is 7.05 Å². The van der Waals surface area contributed by atoms with Gasteiger partial charge in [0.2, 0.25) is 0 Å². The normalized spacial score (nSPS) is 15.7. The fourth-order valence-corrected chi connectivity index (χ4v) is 5.03. The number of anilines is 1. The first-order valence-electron chi connectivity index (χ1n) is 13.3. The number of methoxy groups -OCH3 is 1. The van der Waals surface area contributed by atoms with Crippen molar-refractivity contribution in [3.63, 3.8) is 0 Å². The summed E-state index contributed by atoms with van der Waals surface area (Å²) in [6, 6.07) is 10.2. The van der Waals surface area contributed by atoms with Gasteiger partial charge in [0.15, 0.2) is 12.4 Å². The van der Waals surface area contributed by atoms with Crippen LogP contribution < -0.4 is 9.64 Å². The van der Waals surface area contributed by atoms with Crippen LogP contribution >= 0.6 is 0 Å². The SMILES string of the molecule is CCN(C(=O)OC(C)(C)C)[C@H]1CCN(c2cnc3nc(-c4cc5cn(C)nc5cc4OCOC)ccc3c2)C1. The first kappa shape index (κ1) is 26.7.